The molecule has 0 radical (unpaired) electrons. The molecule has 0 aliphatic rings. The van der Waals surface area contributed by atoms with E-state index in [-0.39, 0.29) is 5.16 Å². The Morgan fingerprint density at radius 3 is 1.86 bits per heavy atom. The van der Waals surface area contributed by atoms with Crippen LogP contribution < -0.4 is 0 Å². The predicted molar refractivity (Wildman–Crippen MR) is 155 cm³/mol. The van der Waals surface area contributed by atoms with Crippen LogP contribution >= 0.6 is 0 Å². The second-order valence-electron chi connectivity index (χ2n) is 10.4. The van der Waals surface area contributed by atoms with Gasteiger partial charge in [-0.25, -0.2) is 4.98 Å². The molecule has 204 valence electrons. The minimum absolute atomic E-state index is 0.380. The average Bonchev–Trinajstić information content (AvgIpc) is 3.32. The van der Waals surface area contributed by atoms with Gasteiger partial charge in [0.25, 0.3) is 5.16 Å². The van der Waals surface area contributed by atoms with Crippen molar-refractivity contribution >= 4 is 21.2 Å². The molecule has 0 bridgehead atoms. The first-order valence-corrected chi connectivity index (χ1v) is 16.0. The van der Waals surface area contributed by atoms with Crippen LogP contribution in [0, 0.1) is 0 Å². The summed E-state index contributed by atoms with van der Waals surface area (Å²) in [5, 5.41) is -0.380. The summed E-state index contributed by atoms with van der Waals surface area (Å²) in [6.07, 6.45) is 19.4. The minimum atomic E-state index is -4.42. The number of benzene rings is 2. The first-order valence-electron chi connectivity index (χ1n) is 14.5. The molecule has 3 aromatic rings. The van der Waals surface area contributed by atoms with Crippen molar-refractivity contribution in [2.45, 2.75) is 122 Å². The molecule has 1 aromatic heterocycles. The lowest BCUT2D eigenvalue weighted by Gasteiger charge is -2.17. The third kappa shape index (κ3) is 8.96. The predicted octanol–water partition coefficient (Wildman–Crippen LogP) is 9.06. The second kappa shape index (κ2) is 15.3. The molecule has 0 atom stereocenters. The Labute approximate surface area is 224 Å². The van der Waals surface area contributed by atoms with Gasteiger partial charge in [0.1, 0.15) is 0 Å². The first-order chi connectivity index (χ1) is 18.0. The van der Waals surface area contributed by atoms with Crippen LogP contribution in [0.5, 0.6) is 0 Å². The van der Waals surface area contributed by atoms with Crippen molar-refractivity contribution < 1.29 is 13.0 Å². The number of imidazole rings is 1. The Hall–Kier alpha value is -2.18. The van der Waals surface area contributed by atoms with Crippen LogP contribution in [0.2, 0.25) is 0 Å². The summed E-state index contributed by atoms with van der Waals surface area (Å²) in [6.45, 7) is 4.49. The highest BCUT2D eigenvalue weighted by Gasteiger charge is 2.22. The first kappa shape index (κ1) is 29.4. The van der Waals surface area contributed by atoms with Crippen LogP contribution in [0.1, 0.15) is 115 Å². The summed E-state index contributed by atoms with van der Waals surface area (Å²) < 4.78 is 33.5. The Balaban J connectivity index is 1.91. The smallest absolute Gasteiger partial charge is 0.327 e. The maximum Gasteiger partial charge on any atom is 0.328 e. The van der Waals surface area contributed by atoms with Gasteiger partial charge < -0.3 is 4.98 Å². The van der Waals surface area contributed by atoms with Crippen LogP contribution in [0.15, 0.2) is 41.6 Å². The second-order valence-corrected chi connectivity index (χ2v) is 11.7. The summed E-state index contributed by atoms with van der Waals surface area (Å²) in [7, 11) is -4.42. The van der Waals surface area contributed by atoms with E-state index in [1.807, 2.05) is 18.2 Å². The highest BCUT2D eigenvalue weighted by molar-refractivity contribution is 7.85. The zero-order valence-corrected chi connectivity index (χ0v) is 23.7. The number of aromatic amines is 1. The van der Waals surface area contributed by atoms with Crippen molar-refractivity contribution in [3.05, 3.63) is 47.5 Å². The molecule has 3 rings (SSSR count). The van der Waals surface area contributed by atoms with E-state index in [0.29, 0.717) is 11.0 Å². The minimum Gasteiger partial charge on any atom is -0.327 e. The Morgan fingerprint density at radius 1 is 0.757 bits per heavy atom. The van der Waals surface area contributed by atoms with Gasteiger partial charge in [0.15, 0.2) is 0 Å². The number of hydrogen-bond acceptors (Lipinski definition) is 3. The van der Waals surface area contributed by atoms with Crippen molar-refractivity contribution in [2.24, 2.45) is 0 Å². The molecular formula is C31H46N2O3S. The van der Waals surface area contributed by atoms with Crippen molar-refractivity contribution in [3.63, 3.8) is 0 Å². The number of hydrogen-bond donors (Lipinski definition) is 2. The van der Waals surface area contributed by atoms with Gasteiger partial charge in [0.05, 0.1) is 11.0 Å². The molecule has 0 aliphatic heterocycles. The highest BCUT2D eigenvalue weighted by atomic mass is 32.2. The Kier molecular flexibility index (Phi) is 12.1. The van der Waals surface area contributed by atoms with Crippen molar-refractivity contribution in [2.75, 3.05) is 0 Å². The number of H-pyrrole nitrogens is 1. The van der Waals surface area contributed by atoms with E-state index < -0.39 is 10.1 Å². The molecule has 2 N–H and O–H groups in total. The van der Waals surface area contributed by atoms with E-state index in [2.05, 4.69) is 42.0 Å². The number of aryl methyl sites for hydroxylation is 1. The van der Waals surface area contributed by atoms with Gasteiger partial charge in [-0.05, 0) is 48.4 Å². The number of nitrogens with one attached hydrogen (secondary N) is 1. The maximum absolute atomic E-state index is 11.9. The molecule has 0 saturated heterocycles. The van der Waals surface area contributed by atoms with E-state index in [9.17, 15) is 13.0 Å². The molecule has 0 unspecified atom stereocenters. The van der Waals surface area contributed by atoms with Gasteiger partial charge in [0, 0.05) is 5.56 Å². The molecule has 5 nitrogen and oxygen atoms in total. The van der Waals surface area contributed by atoms with E-state index in [0.717, 1.165) is 36.8 Å². The van der Waals surface area contributed by atoms with E-state index >= 15 is 0 Å². The van der Waals surface area contributed by atoms with Gasteiger partial charge in [-0.3, -0.25) is 4.55 Å². The largest absolute Gasteiger partial charge is 0.328 e. The summed E-state index contributed by atoms with van der Waals surface area (Å²) >= 11 is 0. The third-order valence-electron chi connectivity index (χ3n) is 7.34. The number of rotatable bonds is 18. The normalized spacial score (nSPS) is 12.0. The average molecular weight is 527 g/mol. The van der Waals surface area contributed by atoms with Crippen LogP contribution in [0.4, 0.5) is 0 Å². The van der Waals surface area contributed by atoms with Gasteiger partial charge in [-0.1, -0.05) is 121 Å². The lowest BCUT2D eigenvalue weighted by molar-refractivity contribution is 0.476. The number of aromatic nitrogens is 2. The van der Waals surface area contributed by atoms with E-state index in [4.69, 9.17) is 0 Å². The number of nitrogens with zero attached hydrogens (tertiary/aromatic N) is 1. The summed E-state index contributed by atoms with van der Waals surface area (Å²) in [4.78, 5) is 7.27. The summed E-state index contributed by atoms with van der Waals surface area (Å²) in [5.41, 5.74) is 5.91. The Bertz CT molecular complexity index is 1190. The lowest BCUT2D eigenvalue weighted by Crippen LogP contribution is -2.01. The van der Waals surface area contributed by atoms with E-state index in [1.165, 1.54) is 88.2 Å². The van der Waals surface area contributed by atoms with Gasteiger partial charge in [-0.2, -0.15) is 8.42 Å². The molecule has 0 aliphatic carbocycles. The van der Waals surface area contributed by atoms with Crippen molar-refractivity contribution in [3.8, 4) is 11.1 Å². The molecule has 6 heteroatoms. The fourth-order valence-corrected chi connectivity index (χ4v) is 5.75. The standard InChI is InChI=1S/C31H46N2O3S/c1-3-5-7-9-11-13-16-22-26-24-28-30(33-31(32-28)37(34,35)36)29(25-20-17-15-18-21-25)27(26)23-19-14-12-10-8-6-4-2/h15,17-18,20-21,24H,3-14,16,19,22-23H2,1-2H3,(H,32,33)(H,34,35,36). The van der Waals surface area contributed by atoms with Gasteiger partial charge in [0.2, 0.25) is 0 Å². The fraction of sp³-hybridized carbons (Fsp3) is 0.581. The quantitative estimate of drug-likeness (QED) is 0.128. The molecule has 1 heterocycles. The third-order valence-corrected chi connectivity index (χ3v) is 8.02. The van der Waals surface area contributed by atoms with Crippen molar-refractivity contribution in [1.82, 2.24) is 9.97 Å². The van der Waals surface area contributed by atoms with Crippen LogP contribution in [-0.2, 0) is 23.0 Å². The topological polar surface area (TPSA) is 83.0 Å². The summed E-state index contributed by atoms with van der Waals surface area (Å²) in [6, 6.07) is 12.2. The lowest BCUT2D eigenvalue weighted by atomic mass is 9.88. The maximum atomic E-state index is 11.9. The fourth-order valence-electron chi connectivity index (χ4n) is 5.30. The molecule has 2 aromatic carbocycles. The number of unbranched alkanes of at least 4 members (excludes halogenated alkanes) is 12. The molecular weight excluding hydrogens is 480 g/mol. The number of fused-ring (bicyclic) bond motifs is 1. The molecule has 0 spiro atoms. The highest BCUT2D eigenvalue weighted by Crippen LogP contribution is 2.36. The van der Waals surface area contributed by atoms with Crippen LogP contribution in [-0.4, -0.2) is 22.9 Å². The van der Waals surface area contributed by atoms with E-state index in [1.54, 1.807) is 0 Å². The van der Waals surface area contributed by atoms with Gasteiger partial charge in [-0.15, -0.1) is 0 Å². The van der Waals surface area contributed by atoms with Crippen LogP contribution in [0.3, 0.4) is 0 Å². The van der Waals surface area contributed by atoms with Gasteiger partial charge >= 0.3 is 10.1 Å². The zero-order valence-electron chi connectivity index (χ0n) is 22.9. The monoisotopic (exact) mass is 526 g/mol. The molecule has 0 fully saturated rings. The van der Waals surface area contributed by atoms with Crippen molar-refractivity contribution in [1.29, 1.82) is 0 Å². The van der Waals surface area contributed by atoms with Crippen LogP contribution in [0.25, 0.3) is 22.2 Å². The molecule has 37 heavy (non-hydrogen) atoms. The SMILES string of the molecule is CCCCCCCCCc1cc2[nH]c(S(=O)(=O)O)nc2c(-c2ccccc2)c1CCCCCCCCC. The Morgan fingerprint density at radius 2 is 1.30 bits per heavy atom. The summed E-state index contributed by atoms with van der Waals surface area (Å²) in [5.74, 6) is 0. The molecule has 0 amide bonds. The molecule has 0 saturated carbocycles. The zero-order chi connectivity index (χ0) is 26.5.